The fourth-order valence-electron chi connectivity index (χ4n) is 1.32. The van der Waals surface area contributed by atoms with Crippen LogP contribution in [0.1, 0.15) is 38.1 Å². The van der Waals surface area contributed by atoms with E-state index in [4.69, 9.17) is 10.00 Å². The first-order valence-corrected chi connectivity index (χ1v) is 5.50. The van der Waals surface area contributed by atoms with Crippen molar-refractivity contribution >= 4 is 0 Å². The van der Waals surface area contributed by atoms with Crippen molar-refractivity contribution in [2.75, 3.05) is 6.61 Å². The summed E-state index contributed by atoms with van der Waals surface area (Å²) in [4.78, 5) is 8.09. The SMILES string of the molecule is Cc1cc(C#N)nc(OCCCC(C)C)n1. The molecule has 0 aliphatic rings. The number of hydrogen-bond acceptors (Lipinski definition) is 4. The zero-order chi connectivity index (χ0) is 12.0. The number of hydrogen-bond donors (Lipinski definition) is 0. The quantitative estimate of drug-likeness (QED) is 0.714. The molecular formula is C12H17N3O. The highest BCUT2D eigenvalue weighted by molar-refractivity contribution is 5.23. The molecule has 86 valence electrons. The standard InChI is InChI=1S/C12H17N3O/c1-9(2)5-4-6-16-12-14-10(3)7-11(8-13)15-12/h7,9H,4-6H2,1-3H3. The van der Waals surface area contributed by atoms with Gasteiger partial charge in [-0.15, -0.1) is 0 Å². The van der Waals surface area contributed by atoms with Crippen molar-refractivity contribution in [3.63, 3.8) is 0 Å². The molecule has 1 heterocycles. The molecule has 0 aliphatic carbocycles. The maximum absolute atomic E-state index is 8.74. The van der Waals surface area contributed by atoms with E-state index in [1.807, 2.05) is 13.0 Å². The van der Waals surface area contributed by atoms with Crippen molar-refractivity contribution in [1.29, 1.82) is 5.26 Å². The van der Waals surface area contributed by atoms with Crippen LogP contribution >= 0.6 is 0 Å². The van der Waals surface area contributed by atoms with E-state index in [0.29, 0.717) is 24.2 Å². The smallest absolute Gasteiger partial charge is 0.317 e. The van der Waals surface area contributed by atoms with E-state index in [0.717, 1.165) is 18.5 Å². The number of nitrogens with zero attached hydrogens (tertiary/aromatic N) is 3. The Morgan fingerprint density at radius 2 is 2.19 bits per heavy atom. The zero-order valence-corrected chi connectivity index (χ0v) is 10.0. The largest absolute Gasteiger partial charge is 0.463 e. The number of nitriles is 1. The van der Waals surface area contributed by atoms with Gasteiger partial charge in [-0.25, -0.2) is 4.98 Å². The van der Waals surface area contributed by atoms with Crippen LogP contribution in [0.5, 0.6) is 6.01 Å². The number of aryl methyl sites for hydroxylation is 1. The van der Waals surface area contributed by atoms with Gasteiger partial charge in [0.1, 0.15) is 11.8 Å². The molecule has 0 unspecified atom stereocenters. The second kappa shape index (κ2) is 6.06. The Hall–Kier alpha value is -1.63. The van der Waals surface area contributed by atoms with Gasteiger partial charge in [0.25, 0.3) is 0 Å². The van der Waals surface area contributed by atoms with Crippen LogP contribution in [0.3, 0.4) is 0 Å². The van der Waals surface area contributed by atoms with E-state index >= 15 is 0 Å². The predicted octanol–water partition coefficient (Wildman–Crippen LogP) is 2.47. The molecule has 0 N–H and O–H groups in total. The number of ether oxygens (including phenoxy) is 1. The molecule has 1 aromatic heterocycles. The summed E-state index contributed by atoms with van der Waals surface area (Å²) >= 11 is 0. The van der Waals surface area contributed by atoms with Crippen molar-refractivity contribution in [3.05, 3.63) is 17.5 Å². The Morgan fingerprint density at radius 3 is 2.81 bits per heavy atom. The number of rotatable bonds is 5. The van der Waals surface area contributed by atoms with Gasteiger partial charge in [0, 0.05) is 5.69 Å². The Morgan fingerprint density at radius 1 is 1.44 bits per heavy atom. The molecule has 1 aromatic rings. The first kappa shape index (κ1) is 12.4. The molecule has 0 atom stereocenters. The van der Waals surface area contributed by atoms with Crippen LogP contribution in [0.2, 0.25) is 0 Å². The van der Waals surface area contributed by atoms with Crippen LogP contribution in [0.25, 0.3) is 0 Å². The third-order valence-corrected chi connectivity index (χ3v) is 2.11. The summed E-state index contributed by atoms with van der Waals surface area (Å²) in [6.07, 6.45) is 2.10. The summed E-state index contributed by atoms with van der Waals surface area (Å²) in [6, 6.07) is 3.93. The molecule has 0 spiro atoms. The summed E-state index contributed by atoms with van der Waals surface area (Å²) < 4.78 is 5.41. The molecule has 0 saturated carbocycles. The van der Waals surface area contributed by atoms with E-state index in [1.54, 1.807) is 6.07 Å². The Balaban J connectivity index is 2.48. The molecular weight excluding hydrogens is 202 g/mol. The van der Waals surface area contributed by atoms with Crippen molar-refractivity contribution in [3.8, 4) is 12.1 Å². The normalized spacial score (nSPS) is 10.2. The molecule has 0 amide bonds. The van der Waals surface area contributed by atoms with Gasteiger partial charge >= 0.3 is 6.01 Å². The van der Waals surface area contributed by atoms with Crippen LogP contribution < -0.4 is 4.74 Å². The lowest BCUT2D eigenvalue weighted by molar-refractivity contribution is 0.275. The number of aromatic nitrogens is 2. The lowest BCUT2D eigenvalue weighted by atomic mass is 10.1. The summed E-state index contributed by atoms with van der Waals surface area (Å²) in [5.74, 6) is 0.677. The maximum Gasteiger partial charge on any atom is 0.317 e. The molecule has 4 heteroatoms. The van der Waals surface area contributed by atoms with E-state index in [-0.39, 0.29) is 0 Å². The molecule has 0 aromatic carbocycles. The minimum atomic E-state index is 0.306. The van der Waals surface area contributed by atoms with Crippen LogP contribution in [0.4, 0.5) is 0 Å². The molecule has 16 heavy (non-hydrogen) atoms. The molecule has 0 bridgehead atoms. The van der Waals surface area contributed by atoms with Crippen molar-refractivity contribution in [2.45, 2.75) is 33.6 Å². The van der Waals surface area contributed by atoms with E-state index in [9.17, 15) is 0 Å². The Kier molecular flexibility index (Phi) is 4.71. The summed E-state index contributed by atoms with van der Waals surface area (Å²) in [7, 11) is 0. The average Bonchev–Trinajstić information content (AvgIpc) is 2.23. The third-order valence-electron chi connectivity index (χ3n) is 2.11. The van der Waals surface area contributed by atoms with Crippen molar-refractivity contribution in [2.24, 2.45) is 5.92 Å². The minimum absolute atomic E-state index is 0.306. The van der Waals surface area contributed by atoms with Crippen LogP contribution in [0.15, 0.2) is 6.07 Å². The summed E-state index contributed by atoms with van der Waals surface area (Å²) in [5, 5.41) is 8.74. The highest BCUT2D eigenvalue weighted by atomic mass is 16.5. The first-order chi connectivity index (χ1) is 7.61. The minimum Gasteiger partial charge on any atom is -0.463 e. The fraction of sp³-hybridized carbons (Fsp3) is 0.583. The van der Waals surface area contributed by atoms with Gasteiger partial charge in [0.2, 0.25) is 0 Å². The molecule has 0 radical (unpaired) electrons. The van der Waals surface area contributed by atoms with Gasteiger partial charge in [-0.05, 0) is 31.7 Å². The summed E-state index contributed by atoms with van der Waals surface area (Å²) in [6.45, 7) is 6.78. The van der Waals surface area contributed by atoms with Gasteiger partial charge in [-0.2, -0.15) is 10.2 Å². The zero-order valence-electron chi connectivity index (χ0n) is 10.0. The van der Waals surface area contributed by atoms with Crippen molar-refractivity contribution < 1.29 is 4.74 Å². The van der Waals surface area contributed by atoms with Gasteiger partial charge in [0.15, 0.2) is 0 Å². The second-order valence-corrected chi connectivity index (χ2v) is 4.17. The van der Waals surface area contributed by atoms with E-state index in [1.165, 1.54) is 0 Å². The molecule has 0 aliphatic heterocycles. The fourth-order valence-corrected chi connectivity index (χ4v) is 1.32. The molecule has 1 rings (SSSR count). The van der Waals surface area contributed by atoms with Gasteiger partial charge in [0.05, 0.1) is 6.61 Å². The monoisotopic (exact) mass is 219 g/mol. The highest BCUT2D eigenvalue weighted by Crippen LogP contribution is 2.08. The van der Waals surface area contributed by atoms with Gasteiger partial charge < -0.3 is 4.74 Å². The lowest BCUT2D eigenvalue weighted by Crippen LogP contribution is -2.04. The van der Waals surface area contributed by atoms with Gasteiger partial charge in [-0.1, -0.05) is 13.8 Å². The summed E-state index contributed by atoms with van der Waals surface area (Å²) in [5.41, 5.74) is 1.11. The van der Waals surface area contributed by atoms with E-state index < -0.39 is 0 Å². The predicted molar refractivity (Wildman–Crippen MR) is 61.1 cm³/mol. The second-order valence-electron chi connectivity index (χ2n) is 4.17. The third kappa shape index (κ3) is 4.26. The average molecular weight is 219 g/mol. The maximum atomic E-state index is 8.74. The van der Waals surface area contributed by atoms with Crippen molar-refractivity contribution in [1.82, 2.24) is 9.97 Å². The molecule has 0 saturated heterocycles. The molecule has 4 nitrogen and oxygen atoms in total. The van der Waals surface area contributed by atoms with Crippen LogP contribution in [-0.4, -0.2) is 16.6 Å². The lowest BCUT2D eigenvalue weighted by Gasteiger charge is -2.06. The first-order valence-electron chi connectivity index (χ1n) is 5.50. The Labute approximate surface area is 96.3 Å². The van der Waals surface area contributed by atoms with Gasteiger partial charge in [-0.3, -0.25) is 0 Å². The Bertz CT molecular complexity index is 382. The van der Waals surface area contributed by atoms with Crippen LogP contribution in [0, 0.1) is 24.2 Å². The van der Waals surface area contributed by atoms with Crippen LogP contribution in [-0.2, 0) is 0 Å². The highest BCUT2D eigenvalue weighted by Gasteiger charge is 2.02. The molecule has 0 fully saturated rings. The topological polar surface area (TPSA) is 58.8 Å². The van der Waals surface area contributed by atoms with E-state index in [2.05, 4.69) is 23.8 Å².